The number of nitriles is 1. The van der Waals surface area contributed by atoms with Gasteiger partial charge in [-0.1, -0.05) is 6.07 Å². The van der Waals surface area contributed by atoms with Crippen LogP contribution < -0.4 is 4.74 Å². The lowest BCUT2D eigenvalue weighted by Gasteiger charge is -2.07. The summed E-state index contributed by atoms with van der Waals surface area (Å²) in [4.78, 5) is -0.0558. The van der Waals surface area contributed by atoms with Crippen LogP contribution in [0.2, 0.25) is 0 Å². The fraction of sp³-hybridized carbons (Fsp3) is 0.133. The van der Waals surface area contributed by atoms with Crippen molar-refractivity contribution in [2.24, 2.45) is 0 Å². The van der Waals surface area contributed by atoms with Gasteiger partial charge < -0.3 is 4.74 Å². The summed E-state index contributed by atoms with van der Waals surface area (Å²) in [6.45, 7) is 0. The lowest BCUT2D eigenvalue weighted by molar-refractivity contribution is 0.413. The first kappa shape index (κ1) is 15.1. The van der Waals surface area contributed by atoms with Gasteiger partial charge >= 0.3 is 0 Å². The molecule has 0 fully saturated rings. The number of halogens is 2. The van der Waals surface area contributed by atoms with E-state index in [9.17, 15) is 13.0 Å². The Labute approximate surface area is 123 Å². The summed E-state index contributed by atoms with van der Waals surface area (Å²) in [5, 5.41) is 8.89. The van der Waals surface area contributed by atoms with Gasteiger partial charge in [0, 0.05) is 6.07 Å². The molecule has 0 bridgehead atoms. The summed E-state index contributed by atoms with van der Waals surface area (Å²) in [5.74, 6) is -1.14. The van der Waals surface area contributed by atoms with Gasteiger partial charge in [0.1, 0.15) is 23.5 Å². The molecule has 0 aliphatic heterocycles. The molecule has 1 atom stereocenters. The first-order valence-corrected chi connectivity index (χ1v) is 7.27. The highest BCUT2D eigenvalue weighted by molar-refractivity contribution is 7.84. The van der Waals surface area contributed by atoms with E-state index in [1.54, 1.807) is 18.2 Å². The second-order valence-corrected chi connectivity index (χ2v) is 5.63. The zero-order chi connectivity index (χ0) is 15.4. The van der Waals surface area contributed by atoms with Gasteiger partial charge in [-0.25, -0.2) is 8.78 Å². The molecule has 0 aliphatic carbocycles. The molecule has 2 aromatic carbocycles. The second kappa shape index (κ2) is 6.46. The van der Waals surface area contributed by atoms with Crippen LogP contribution >= 0.6 is 0 Å². The maximum absolute atomic E-state index is 13.6. The van der Waals surface area contributed by atoms with Crippen molar-refractivity contribution in [2.75, 3.05) is 7.11 Å². The highest BCUT2D eigenvalue weighted by Gasteiger charge is 2.13. The van der Waals surface area contributed by atoms with E-state index in [0.29, 0.717) is 22.9 Å². The summed E-state index contributed by atoms with van der Waals surface area (Å²) >= 11 is 0. The van der Waals surface area contributed by atoms with Gasteiger partial charge in [0.15, 0.2) is 0 Å². The Hall–Kier alpha value is -2.26. The number of ether oxygens (including phenoxy) is 1. The standard InChI is InChI=1S/C15H11F2NO2S/c1-20-14-6-10(2-3-11(14)8-18)9-21(19)15-5-4-12(16)7-13(15)17/h2-7H,9H2,1H3. The number of hydrogen-bond donors (Lipinski definition) is 0. The van der Waals surface area contributed by atoms with Crippen LogP contribution in [0.25, 0.3) is 0 Å². The molecule has 0 saturated carbocycles. The van der Waals surface area contributed by atoms with Crippen LogP contribution in [0.4, 0.5) is 8.78 Å². The predicted octanol–water partition coefficient (Wildman–Crippen LogP) is 3.15. The molecule has 3 nitrogen and oxygen atoms in total. The summed E-state index contributed by atoms with van der Waals surface area (Å²) in [6, 6.07) is 9.66. The molecular weight excluding hydrogens is 296 g/mol. The van der Waals surface area contributed by atoms with E-state index >= 15 is 0 Å². The quantitative estimate of drug-likeness (QED) is 0.872. The average Bonchev–Trinajstić information content (AvgIpc) is 2.46. The Bertz CT molecular complexity index is 741. The molecule has 21 heavy (non-hydrogen) atoms. The monoisotopic (exact) mass is 307 g/mol. The number of nitrogens with zero attached hydrogens (tertiary/aromatic N) is 1. The average molecular weight is 307 g/mol. The van der Waals surface area contributed by atoms with Gasteiger partial charge in [-0.15, -0.1) is 0 Å². The molecular formula is C15H11F2NO2S. The molecule has 0 radical (unpaired) electrons. The highest BCUT2D eigenvalue weighted by Crippen LogP contribution is 2.22. The van der Waals surface area contributed by atoms with Gasteiger partial charge in [0.2, 0.25) is 0 Å². The van der Waals surface area contributed by atoms with Crippen LogP contribution in [0.5, 0.6) is 5.75 Å². The summed E-state index contributed by atoms with van der Waals surface area (Å²) in [6.07, 6.45) is 0. The third-order valence-corrected chi connectivity index (χ3v) is 4.24. The van der Waals surface area contributed by atoms with E-state index < -0.39 is 22.4 Å². The molecule has 0 N–H and O–H groups in total. The molecule has 0 heterocycles. The molecule has 6 heteroatoms. The molecule has 0 saturated heterocycles. The SMILES string of the molecule is COc1cc(CS(=O)c2ccc(F)cc2F)ccc1C#N. The fourth-order valence-electron chi connectivity index (χ4n) is 1.81. The normalized spacial score (nSPS) is 11.7. The first-order chi connectivity index (χ1) is 10.0. The molecule has 0 spiro atoms. The van der Waals surface area contributed by atoms with Crippen molar-refractivity contribution in [1.82, 2.24) is 0 Å². The molecule has 108 valence electrons. The van der Waals surface area contributed by atoms with Crippen LogP contribution in [0, 0.1) is 23.0 Å². The number of rotatable bonds is 4. The molecule has 0 amide bonds. The van der Waals surface area contributed by atoms with Crippen LogP contribution in [0.1, 0.15) is 11.1 Å². The van der Waals surface area contributed by atoms with Gasteiger partial charge in [-0.05, 0) is 29.8 Å². The molecule has 1 unspecified atom stereocenters. The van der Waals surface area contributed by atoms with E-state index in [4.69, 9.17) is 10.00 Å². The topological polar surface area (TPSA) is 50.1 Å². The molecule has 2 aromatic rings. The van der Waals surface area contributed by atoms with E-state index in [1.807, 2.05) is 6.07 Å². The smallest absolute Gasteiger partial charge is 0.142 e. The van der Waals surface area contributed by atoms with Crippen LogP contribution in [-0.2, 0) is 16.6 Å². The van der Waals surface area contributed by atoms with E-state index in [-0.39, 0.29) is 10.6 Å². The van der Waals surface area contributed by atoms with Gasteiger partial charge in [-0.3, -0.25) is 4.21 Å². The Balaban J connectivity index is 2.26. The van der Waals surface area contributed by atoms with E-state index in [2.05, 4.69) is 0 Å². The fourth-order valence-corrected chi connectivity index (χ4v) is 2.94. The van der Waals surface area contributed by atoms with Crippen molar-refractivity contribution in [1.29, 1.82) is 5.26 Å². The van der Waals surface area contributed by atoms with Crippen molar-refractivity contribution >= 4 is 10.8 Å². The maximum atomic E-state index is 13.6. The summed E-state index contributed by atoms with van der Waals surface area (Å²) in [5.41, 5.74) is 0.993. The lowest BCUT2D eigenvalue weighted by atomic mass is 10.1. The Kier molecular flexibility index (Phi) is 4.66. The van der Waals surface area contributed by atoms with Crippen molar-refractivity contribution in [3.05, 3.63) is 59.2 Å². The van der Waals surface area contributed by atoms with Crippen LogP contribution in [-0.4, -0.2) is 11.3 Å². The largest absolute Gasteiger partial charge is 0.495 e. The van der Waals surface area contributed by atoms with Gasteiger partial charge in [-0.2, -0.15) is 5.26 Å². The predicted molar refractivity (Wildman–Crippen MR) is 74.2 cm³/mol. The van der Waals surface area contributed by atoms with Gasteiger partial charge in [0.25, 0.3) is 0 Å². The maximum Gasteiger partial charge on any atom is 0.142 e. The summed E-state index contributed by atoms with van der Waals surface area (Å²) < 4.78 is 43.6. The van der Waals surface area contributed by atoms with Crippen molar-refractivity contribution in [3.8, 4) is 11.8 Å². The third kappa shape index (κ3) is 3.44. The van der Waals surface area contributed by atoms with Crippen molar-refractivity contribution in [3.63, 3.8) is 0 Å². The minimum atomic E-state index is -1.65. The van der Waals surface area contributed by atoms with E-state index in [0.717, 1.165) is 6.07 Å². The zero-order valence-electron chi connectivity index (χ0n) is 11.1. The first-order valence-electron chi connectivity index (χ1n) is 5.95. The van der Waals surface area contributed by atoms with Crippen LogP contribution in [0.3, 0.4) is 0 Å². The highest BCUT2D eigenvalue weighted by atomic mass is 32.2. The lowest BCUT2D eigenvalue weighted by Crippen LogP contribution is -2.01. The third-order valence-electron chi connectivity index (χ3n) is 2.82. The number of methoxy groups -OCH3 is 1. The Morgan fingerprint density at radius 2 is 2.00 bits per heavy atom. The molecule has 2 rings (SSSR count). The Morgan fingerprint density at radius 1 is 1.24 bits per heavy atom. The zero-order valence-corrected chi connectivity index (χ0v) is 11.9. The van der Waals surface area contributed by atoms with E-state index in [1.165, 1.54) is 13.2 Å². The summed E-state index contributed by atoms with van der Waals surface area (Å²) in [7, 11) is -0.226. The second-order valence-electron chi connectivity index (χ2n) is 4.21. The molecule has 0 aromatic heterocycles. The minimum absolute atomic E-state index is 0.0463. The minimum Gasteiger partial charge on any atom is -0.495 e. The van der Waals surface area contributed by atoms with Gasteiger partial charge in [0.05, 0.1) is 34.1 Å². The molecule has 0 aliphatic rings. The number of hydrogen-bond acceptors (Lipinski definition) is 3. The van der Waals surface area contributed by atoms with Crippen molar-refractivity contribution < 1.29 is 17.7 Å². The Morgan fingerprint density at radius 3 is 2.62 bits per heavy atom. The van der Waals surface area contributed by atoms with Crippen LogP contribution in [0.15, 0.2) is 41.3 Å². The number of benzene rings is 2. The van der Waals surface area contributed by atoms with Crippen molar-refractivity contribution in [2.45, 2.75) is 10.6 Å².